The van der Waals surface area contributed by atoms with Crippen molar-refractivity contribution in [2.24, 2.45) is 0 Å². The molecule has 1 unspecified atom stereocenters. The minimum atomic E-state index is -0.566. The van der Waals surface area contributed by atoms with Gasteiger partial charge in [-0.25, -0.2) is 4.39 Å². The summed E-state index contributed by atoms with van der Waals surface area (Å²) in [6, 6.07) is 14.0. The molecule has 24 heavy (non-hydrogen) atoms. The zero-order chi connectivity index (χ0) is 16.9. The molecule has 1 atom stereocenters. The molecule has 5 heteroatoms. The summed E-state index contributed by atoms with van der Waals surface area (Å²) >= 11 is 0. The van der Waals surface area contributed by atoms with Crippen molar-refractivity contribution in [1.29, 1.82) is 0 Å². The van der Waals surface area contributed by atoms with Gasteiger partial charge in [-0.15, -0.1) is 0 Å². The monoisotopic (exact) mass is 325 g/mol. The molecule has 2 heterocycles. The summed E-state index contributed by atoms with van der Waals surface area (Å²) in [6.45, 7) is 2.55. The molecule has 0 bridgehead atoms. The number of hydrogen-bond donors (Lipinski definition) is 1. The van der Waals surface area contributed by atoms with Crippen LogP contribution in [0.25, 0.3) is 11.4 Å². The van der Waals surface area contributed by atoms with Crippen molar-refractivity contribution in [1.82, 2.24) is 14.8 Å². The van der Waals surface area contributed by atoms with Crippen molar-refractivity contribution in [3.63, 3.8) is 0 Å². The molecule has 0 amide bonds. The van der Waals surface area contributed by atoms with Crippen LogP contribution < -0.4 is 0 Å². The number of aromatic nitrogens is 3. The van der Waals surface area contributed by atoms with Crippen LogP contribution in [0.1, 0.15) is 30.7 Å². The SMILES string of the molecule is CCC(O)c1cc(-c2ccccn2)nn1CCc1ccc(F)cc1. The Kier molecular flexibility index (Phi) is 5.01. The van der Waals surface area contributed by atoms with Gasteiger partial charge in [0.2, 0.25) is 0 Å². The van der Waals surface area contributed by atoms with Crippen molar-refractivity contribution < 1.29 is 9.50 Å². The predicted molar refractivity (Wildman–Crippen MR) is 90.8 cm³/mol. The fourth-order valence-electron chi connectivity index (χ4n) is 2.61. The molecule has 3 aromatic rings. The highest BCUT2D eigenvalue weighted by Crippen LogP contribution is 2.23. The molecule has 4 nitrogen and oxygen atoms in total. The van der Waals surface area contributed by atoms with E-state index in [1.807, 2.05) is 35.9 Å². The van der Waals surface area contributed by atoms with E-state index in [-0.39, 0.29) is 5.82 Å². The second-order valence-corrected chi connectivity index (χ2v) is 5.69. The van der Waals surface area contributed by atoms with Gasteiger partial charge in [-0.2, -0.15) is 5.10 Å². The van der Waals surface area contributed by atoms with Crippen molar-refractivity contribution in [2.75, 3.05) is 0 Å². The molecule has 2 aromatic heterocycles. The van der Waals surface area contributed by atoms with E-state index in [1.165, 1.54) is 12.1 Å². The lowest BCUT2D eigenvalue weighted by molar-refractivity contribution is 0.162. The van der Waals surface area contributed by atoms with Crippen LogP contribution in [0.3, 0.4) is 0 Å². The smallest absolute Gasteiger partial charge is 0.123 e. The molecule has 1 aromatic carbocycles. The Morgan fingerprint density at radius 3 is 2.58 bits per heavy atom. The zero-order valence-corrected chi connectivity index (χ0v) is 13.6. The lowest BCUT2D eigenvalue weighted by Gasteiger charge is -2.11. The van der Waals surface area contributed by atoms with Gasteiger partial charge in [0.15, 0.2) is 0 Å². The number of benzene rings is 1. The van der Waals surface area contributed by atoms with Gasteiger partial charge in [0.05, 0.1) is 17.5 Å². The Bertz CT molecular complexity index is 784. The third-order valence-corrected chi connectivity index (χ3v) is 3.99. The van der Waals surface area contributed by atoms with Crippen LogP contribution in [-0.4, -0.2) is 19.9 Å². The molecule has 0 saturated carbocycles. The molecule has 3 rings (SSSR count). The van der Waals surface area contributed by atoms with Crippen LogP contribution in [0, 0.1) is 5.82 Å². The quantitative estimate of drug-likeness (QED) is 0.750. The summed E-state index contributed by atoms with van der Waals surface area (Å²) in [4.78, 5) is 4.32. The van der Waals surface area contributed by atoms with Crippen LogP contribution in [0.2, 0.25) is 0 Å². The number of aryl methyl sites for hydroxylation is 2. The number of aliphatic hydroxyl groups is 1. The third-order valence-electron chi connectivity index (χ3n) is 3.99. The Labute approximate surface area is 140 Å². The van der Waals surface area contributed by atoms with Crippen molar-refractivity contribution in [3.8, 4) is 11.4 Å². The molecular weight excluding hydrogens is 305 g/mol. The number of rotatable bonds is 6. The lowest BCUT2D eigenvalue weighted by Crippen LogP contribution is -2.10. The molecule has 0 fully saturated rings. The average molecular weight is 325 g/mol. The van der Waals surface area contributed by atoms with Crippen LogP contribution in [0.5, 0.6) is 0 Å². The molecule has 124 valence electrons. The Hall–Kier alpha value is -2.53. The van der Waals surface area contributed by atoms with Crippen LogP contribution in [0.15, 0.2) is 54.7 Å². The largest absolute Gasteiger partial charge is 0.387 e. The highest BCUT2D eigenvalue weighted by molar-refractivity contribution is 5.54. The maximum Gasteiger partial charge on any atom is 0.123 e. The number of halogens is 1. The van der Waals surface area contributed by atoms with Crippen molar-refractivity contribution in [3.05, 3.63) is 71.8 Å². The minimum absolute atomic E-state index is 0.239. The first-order chi connectivity index (χ1) is 11.7. The van der Waals surface area contributed by atoms with Gasteiger partial charge >= 0.3 is 0 Å². The summed E-state index contributed by atoms with van der Waals surface area (Å²) in [5.74, 6) is -0.239. The first kappa shape index (κ1) is 16.3. The topological polar surface area (TPSA) is 50.9 Å². The summed E-state index contributed by atoms with van der Waals surface area (Å²) in [7, 11) is 0. The Morgan fingerprint density at radius 2 is 1.92 bits per heavy atom. The fourth-order valence-corrected chi connectivity index (χ4v) is 2.61. The number of nitrogens with zero attached hydrogens (tertiary/aromatic N) is 3. The molecule has 0 radical (unpaired) electrons. The molecule has 0 aliphatic heterocycles. The fraction of sp³-hybridized carbons (Fsp3) is 0.263. The Morgan fingerprint density at radius 1 is 1.12 bits per heavy atom. The van der Waals surface area contributed by atoms with E-state index < -0.39 is 6.10 Å². The standard InChI is InChI=1S/C19H20FN3O/c1-2-19(24)18-13-17(16-5-3-4-11-21-16)22-23(18)12-10-14-6-8-15(20)9-7-14/h3-9,11,13,19,24H,2,10,12H2,1H3. The van der Waals surface area contributed by atoms with Crippen LogP contribution in [-0.2, 0) is 13.0 Å². The third kappa shape index (κ3) is 3.68. The van der Waals surface area contributed by atoms with Gasteiger partial charge in [0.25, 0.3) is 0 Å². The average Bonchev–Trinajstić information content (AvgIpc) is 3.05. The predicted octanol–water partition coefficient (Wildman–Crippen LogP) is 3.77. The second kappa shape index (κ2) is 7.36. The maximum atomic E-state index is 13.0. The maximum absolute atomic E-state index is 13.0. The molecule has 1 N–H and O–H groups in total. The lowest BCUT2D eigenvalue weighted by atomic mass is 10.1. The van der Waals surface area contributed by atoms with E-state index >= 15 is 0 Å². The van der Waals surface area contributed by atoms with Crippen molar-refractivity contribution >= 4 is 0 Å². The minimum Gasteiger partial charge on any atom is -0.387 e. The summed E-state index contributed by atoms with van der Waals surface area (Å²) in [6.07, 6.45) is 2.49. The molecular formula is C19H20FN3O. The van der Waals surface area contributed by atoms with E-state index in [0.717, 1.165) is 22.6 Å². The van der Waals surface area contributed by atoms with E-state index in [2.05, 4.69) is 10.1 Å². The molecule has 0 saturated heterocycles. The summed E-state index contributed by atoms with van der Waals surface area (Å²) in [5, 5.41) is 14.9. The van der Waals surface area contributed by atoms with E-state index in [1.54, 1.807) is 18.3 Å². The summed E-state index contributed by atoms with van der Waals surface area (Å²) in [5.41, 5.74) is 3.34. The van der Waals surface area contributed by atoms with Gasteiger partial charge < -0.3 is 5.11 Å². The second-order valence-electron chi connectivity index (χ2n) is 5.69. The van der Waals surface area contributed by atoms with Gasteiger partial charge in [-0.1, -0.05) is 25.1 Å². The van der Waals surface area contributed by atoms with Gasteiger partial charge in [-0.3, -0.25) is 9.67 Å². The first-order valence-electron chi connectivity index (χ1n) is 8.09. The van der Waals surface area contributed by atoms with E-state index in [9.17, 15) is 9.50 Å². The zero-order valence-electron chi connectivity index (χ0n) is 13.6. The molecule has 0 aliphatic carbocycles. The summed E-state index contributed by atoms with van der Waals surface area (Å²) < 4.78 is 14.8. The van der Waals surface area contributed by atoms with Gasteiger partial charge in [-0.05, 0) is 48.7 Å². The van der Waals surface area contributed by atoms with Crippen LogP contribution in [0.4, 0.5) is 4.39 Å². The van der Waals surface area contributed by atoms with E-state index in [0.29, 0.717) is 19.4 Å². The molecule has 0 spiro atoms. The highest BCUT2D eigenvalue weighted by atomic mass is 19.1. The number of pyridine rings is 1. The van der Waals surface area contributed by atoms with Crippen molar-refractivity contribution in [2.45, 2.75) is 32.4 Å². The number of hydrogen-bond acceptors (Lipinski definition) is 3. The van der Waals surface area contributed by atoms with E-state index in [4.69, 9.17) is 0 Å². The first-order valence-corrected chi connectivity index (χ1v) is 8.09. The van der Waals surface area contributed by atoms with Gasteiger partial charge in [0.1, 0.15) is 11.5 Å². The highest BCUT2D eigenvalue weighted by Gasteiger charge is 2.16. The van der Waals surface area contributed by atoms with Gasteiger partial charge in [0, 0.05) is 12.7 Å². The normalized spacial score (nSPS) is 12.3. The number of aliphatic hydroxyl groups excluding tert-OH is 1. The van der Waals surface area contributed by atoms with Crippen LogP contribution >= 0.6 is 0 Å². The Balaban J connectivity index is 1.85. The molecule has 0 aliphatic rings.